The number of likely N-dealkylation sites (N-methyl/N-ethyl adjacent to an activating group) is 1. The molecule has 0 N–H and O–H groups in total. The summed E-state index contributed by atoms with van der Waals surface area (Å²) in [7, 11) is 0. The second kappa shape index (κ2) is 8.76. The second-order valence-electron chi connectivity index (χ2n) is 8.60. The smallest absolute Gasteiger partial charge is 0.327 e. The highest BCUT2D eigenvalue weighted by Crippen LogP contribution is 2.38. The number of hydrogen-bond acceptors (Lipinski definition) is 4. The van der Waals surface area contributed by atoms with Crippen molar-refractivity contribution in [1.29, 1.82) is 0 Å². The number of hydrogen-bond donors (Lipinski definition) is 0. The van der Waals surface area contributed by atoms with Crippen LogP contribution in [-0.2, 0) is 20.9 Å². The van der Waals surface area contributed by atoms with Crippen molar-refractivity contribution in [2.45, 2.75) is 51.1 Å². The summed E-state index contributed by atoms with van der Waals surface area (Å²) in [5, 5.41) is 0. The predicted octanol–water partition coefficient (Wildman–Crippen LogP) is 2.65. The first-order valence-electron chi connectivity index (χ1n) is 11.1. The lowest BCUT2D eigenvalue weighted by Gasteiger charge is -2.42. The van der Waals surface area contributed by atoms with Crippen LogP contribution in [0.4, 0.5) is 4.79 Å². The largest absolute Gasteiger partial charge is 0.381 e. The molecule has 3 fully saturated rings. The molecule has 7 heteroatoms. The zero-order chi connectivity index (χ0) is 21.1. The van der Waals surface area contributed by atoms with Crippen LogP contribution in [0.2, 0.25) is 0 Å². The standard InChI is InChI=1S/C23H31N3O4/c1-2-25-21(28)23(26(22(25)29)16-18-7-4-3-5-8-18)10-12-24(13-11-23)20(27)15-19-9-6-14-30-17-19/h3-5,7-8,19H,2,6,9-17H2,1H3. The fourth-order valence-electron chi connectivity index (χ4n) is 5.00. The van der Waals surface area contributed by atoms with E-state index in [0.717, 1.165) is 25.0 Å². The van der Waals surface area contributed by atoms with Gasteiger partial charge in [-0.1, -0.05) is 30.3 Å². The van der Waals surface area contributed by atoms with Crippen LogP contribution in [0.25, 0.3) is 0 Å². The van der Waals surface area contributed by atoms with Crippen molar-refractivity contribution in [2.24, 2.45) is 5.92 Å². The van der Waals surface area contributed by atoms with Crippen molar-refractivity contribution in [2.75, 3.05) is 32.8 Å². The number of piperidine rings is 1. The average molecular weight is 414 g/mol. The monoisotopic (exact) mass is 413 g/mol. The number of amides is 4. The maximum Gasteiger partial charge on any atom is 0.327 e. The summed E-state index contributed by atoms with van der Waals surface area (Å²) in [6, 6.07) is 9.56. The Labute approximate surface area is 177 Å². The van der Waals surface area contributed by atoms with E-state index in [1.54, 1.807) is 4.90 Å². The minimum Gasteiger partial charge on any atom is -0.381 e. The maximum absolute atomic E-state index is 13.3. The minimum atomic E-state index is -0.840. The zero-order valence-electron chi connectivity index (χ0n) is 17.7. The Morgan fingerprint density at radius 3 is 2.53 bits per heavy atom. The zero-order valence-corrected chi connectivity index (χ0v) is 17.7. The molecule has 1 atom stereocenters. The normalized spacial score (nSPS) is 24.0. The fraction of sp³-hybridized carbons (Fsp3) is 0.609. The van der Waals surface area contributed by atoms with E-state index >= 15 is 0 Å². The highest BCUT2D eigenvalue weighted by Gasteiger charge is 2.57. The molecule has 162 valence electrons. The summed E-state index contributed by atoms with van der Waals surface area (Å²) in [5.41, 5.74) is 0.167. The summed E-state index contributed by atoms with van der Waals surface area (Å²) in [6.07, 6.45) is 3.54. The average Bonchev–Trinajstić information content (AvgIpc) is 2.96. The topological polar surface area (TPSA) is 70.2 Å². The molecule has 0 radical (unpaired) electrons. The Balaban J connectivity index is 1.46. The first-order valence-corrected chi connectivity index (χ1v) is 11.1. The summed E-state index contributed by atoms with van der Waals surface area (Å²) in [5.74, 6) is 0.319. The molecule has 7 nitrogen and oxygen atoms in total. The molecule has 4 amide bonds. The van der Waals surface area contributed by atoms with Gasteiger partial charge in [0.2, 0.25) is 5.91 Å². The fourth-order valence-corrected chi connectivity index (χ4v) is 5.00. The molecule has 3 heterocycles. The molecule has 3 aliphatic heterocycles. The summed E-state index contributed by atoms with van der Waals surface area (Å²) in [6.45, 7) is 5.08. The van der Waals surface area contributed by atoms with Crippen molar-refractivity contribution < 1.29 is 19.1 Å². The van der Waals surface area contributed by atoms with Gasteiger partial charge < -0.3 is 14.5 Å². The number of carbonyl (C=O) groups excluding carboxylic acids is 3. The molecule has 3 aliphatic rings. The van der Waals surface area contributed by atoms with Crippen molar-refractivity contribution in [1.82, 2.24) is 14.7 Å². The summed E-state index contributed by atoms with van der Waals surface area (Å²) < 4.78 is 5.50. The molecule has 3 saturated heterocycles. The molecule has 0 aliphatic carbocycles. The van der Waals surface area contributed by atoms with Crippen LogP contribution >= 0.6 is 0 Å². The van der Waals surface area contributed by atoms with Crippen LogP contribution in [0, 0.1) is 5.92 Å². The lowest BCUT2D eigenvalue weighted by molar-refractivity contribution is -0.142. The molecule has 0 bridgehead atoms. The van der Waals surface area contributed by atoms with Gasteiger partial charge in [0.1, 0.15) is 5.54 Å². The first kappa shape index (κ1) is 20.8. The predicted molar refractivity (Wildman–Crippen MR) is 111 cm³/mol. The van der Waals surface area contributed by atoms with Crippen molar-refractivity contribution >= 4 is 17.8 Å². The second-order valence-corrected chi connectivity index (χ2v) is 8.60. The van der Waals surface area contributed by atoms with Gasteiger partial charge in [-0.15, -0.1) is 0 Å². The van der Waals surface area contributed by atoms with Crippen molar-refractivity contribution in [3.05, 3.63) is 35.9 Å². The molecule has 1 spiro atoms. The van der Waals surface area contributed by atoms with Crippen LogP contribution in [0.3, 0.4) is 0 Å². The molecule has 30 heavy (non-hydrogen) atoms. The molecule has 1 aromatic carbocycles. The number of nitrogens with zero attached hydrogens (tertiary/aromatic N) is 3. The van der Waals surface area contributed by atoms with Crippen LogP contribution in [0.15, 0.2) is 30.3 Å². The lowest BCUT2D eigenvalue weighted by Crippen LogP contribution is -2.57. The van der Waals surface area contributed by atoms with Gasteiger partial charge >= 0.3 is 6.03 Å². The number of imide groups is 1. The van der Waals surface area contributed by atoms with Gasteiger partial charge in [-0.2, -0.15) is 0 Å². The minimum absolute atomic E-state index is 0.112. The van der Waals surface area contributed by atoms with Gasteiger partial charge in [-0.3, -0.25) is 14.5 Å². The SMILES string of the molecule is CCN1C(=O)N(Cc2ccccc2)C2(CCN(C(=O)CC3CCCOC3)CC2)C1=O. The summed E-state index contributed by atoms with van der Waals surface area (Å²) >= 11 is 0. The Morgan fingerprint density at radius 1 is 1.17 bits per heavy atom. The van der Waals surface area contributed by atoms with Crippen LogP contribution < -0.4 is 0 Å². The number of ether oxygens (including phenoxy) is 1. The van der Waals surface area contributed by atoms with E-state index in [4.69, 9.17) is 4.74 Å². The van der Waals surface area contributed by atoms with Gasteiger partial charge in [0.25, 0.3) is 5.91 Å². The Morgan fingerprint density at radius 2 is 1.90 bits per heavy atom. The van der Waals surface area contributed by atoms with E-state index in [1.165, 1.54) is 4.90 Å². The highest BCUT2D eigenvalue weighted by molar-refractivity contribution is 6.07. The van der Waals surface area contributed by atoms with Crippen LogP contribution in [-0.4, -0.2) is 70.9 Å². The van der Waals surface area contributed by atoms with Gasteiger partial charge in [0.05, 0.1) is 0 Å². The van der Waals surface area contributed by atoms with Gasteiger partial charge in [0.15, 0.2) is 0 Å². The molecule has 0 aromatic heterocycles. The Hall–Kier alpha value is -2.41. The third-order valence-corrected chi connectivity index (χ3v) is 6.78. The lowest BCUT2D eigenvalue weighted by atomic mass is 9.85. The number of likely N-dealkylation sites (tertiary alicyclic amines) is 1. The molecule has 4 rings (SSSR count). The van der Waals surface area contributed by atoms with Crippen molar-refractivity contribution in [3.8, 4) is 0 Å². The van der Waals surface area contributed by atoms with Crippen LogP contribution in [0.5, 0.6) is 0 Å². The number of benzene rings is 1. The molecule has 1 unspecified atom stereocenters. The number of urea groups is 1. The van der Waals surface area contributed by atoms with E-state index in [2.05, 4.69) is 0 Å². The highest BCUT2D eigenvalue weighted by atomic mass is 16.5. The quantitative estimate of drug-likeness (QED) is 0.696. The maximum atomic E-state index is 13.3. The van der Waals surface area contributed by atoms with E-state index in [1.807, 2.05) is 42.2 Å². The van der Waals surface area contributed by atoms with E-state index in [0.29, 0.717) is 58.0 Å². The third-order valence-electron chi connectivity index (χ3n) is 6.78. The van der Waals surface area contributed by atoms with Gasteiger partial charge in [-0.05, 0) is 44.1 Å². The summed E-state index contributed by atoms with van der Waals surface area (Å²) in [4.78, 5) is 44.1. The van der Waals surface area contributed by atoms with E-state index < -0.39 is 5.54 Å². The van der Waals surface area contributed by atoms with E-state index in [-0.39, 0.29) is 17.8 Å². The third kappa shape index (κ3) is 3.83. The molecular weight excluding hydrogens is 382 g/mol. The van der Waals surface area contributed by atoms with Gasteiger partial charge in [-0.25, -0.2) is 4.79 Å². The molecule has 1 aromatic rings. The van der Waals surface area contributed by atoms with E-state index in [9.17, 15) is 14.4 Å². The Bertz CT molecular complexity index is 783. The van der Waals surface area contributed by atoms with Crippen LogP contribution in [0.1, 0.15) is 44.6 Å². The molecule has 0 saturated carbocycles. The Kier molecular flexibility index (Phi) is 6.09. The molecular formula is C23H31N3O4. The number of carbonyl (C=O) groups is 3. The van der Waals surface area contributed by atoms with Crippen molar-refractivity contribution in [3.63, 3.8) is 0 Å². The first-order chi connectivity index (χ1) is 14.5. The number of rotatable bonds is 5. The van der Waals surface area contributed by atoms with Gasteiger partial charge in [0, 0.05) is 45.8 Å².